The number of benzene rings is 8. The highest BCUT2D eigenvalue weighted by Gasteiger charge is 2.32. The van der Waals surface area contributed by atoms with Crippen molar-refractivity contribution in [2.24, 2.45) is 0 Å². The summed E-state index contributed by atoms with van der Waals surface area (Å²) in [6, 6.07) is 41.4. The van der Waals surface area contributed by atoms with Crippen molar-refractivity contribution in [3.8, 4) is 44.5 Å². The third-order valence-electron chi connectivity index (χ3n) is 12.1. The first-order valence-electron chi connectivity index (χ1n) is 19.1. The highest BCUT2D eigenvalue weighted by molar-refractivity contribution is 6.09. The largest absolute Gasteiger partial charge is 0.392 e. The van der Waals surface area contributed by atoms with Crippen LogP contribution in [-0.4, -0.2) is 20.4 Å². The van der Waals surface area contributed by atoms with Crippen molar-refractivity contribution >= 4 is 32.3 Å². The van der Waals surface area contributed by atoms with Gasteiger partial charge in [0.25, 0.3) is 0 Å². The Labute approximate surface area is 324 Å². The molecule has 2 aliphatic rings. The molecule has 276 valence electrons. The van der Waals surface area contributed by atoms with E-state index in [-0.39, 0.29) is 26.4 Å². The van der Waals surface area contributed by atoms with Crippen molar-refractivity contribution in [2.45, 2.75) is 52.9 Å². The molecule has 4 N–H and O–H groups in total. The van der Waals surface area contributed by atoms with E-state index in [0.717, 1.165) is 99.1 Å². The molecule has 0 amide bonds. The maximum atomic E-state index is 11.2. The molecule has 56 heavy (non-hydrogen) atoms. The van der Waals surface area contributed by atoms with Crippen LogP contribution in [0.4, 0.5) is 0 Å². The molecule has 10 rings (SSSR count). The summed E-state index contributed by atoms with van der Waals surface area (Å²) in [6.07, 6.45) is 0. The first kappa shape index (κ1) is 34.8. The number of aliphatic hydroxyl groups is 4. The van der Waals surface area contributed by atoms with Crippen molar-refractivity contribution in [2.75, 3.05) is 0 Å². The minimum Gasteiger partial charge on any atom is -0.392 e. The van der Waals surface area contributed by atoms with Gasteiger partial charge in [0.15, 0.2) is 0 Å². The third-order valence-corrected chi connectivity index (χ3v) is 12.1. The molecule has 0 spiro atoms. The van der Waals surface area contributed by atoms with Crippen LogP contribution in [0.15, 0.2) is 121 Å². The molecular formula is C50H40O6. The second kappa shape index (κ2) is 14.1. The van der Waals surface area contributed by atoms with Crippen LogP contribution < -0.4 is 0 Å². The SMILES string of the molecule is OCc1c(CO)c(-c2ccc(-c3c(CO)c(CO)c(-c4cccc5ccccc45)c4c3COC4)c3ccccc23)c2c(c1-c1cccc3ccccc13)COC2. The van der Waals surface area contributed by atoms with Gasteiger partial charge in [-0.05, 0) is 121 Å². The van der Waals surface area contributed by atoms with Crippen LogP contribution in [-0.2, 0) is 62.3 Å². The van der Waals surface area contributed by atoms with E-state index < -0.39 is 0 Å². The number of ether oxygens (including phenoxy) is 2. The van der Waals surface area contributed by atoms with Crippen LogP contribution in [0.5, 0.6) is 0 Å². The molecule has 0 aromatic heterocycles. The van der Waals surface area contributed by atoms with Gasteiger partial charge in [-0.2, -0.15) is 0 Å². The molecule has 2 aliphatic heterocycles. The number of aliphatic hydroxyl groups excluding tert-OH is 4. The van der Waals surface area contributed by atoms with Crippen molar-refractivity contribution < 1.29 is 29.9 Å². The van der Waals surface area contributed by atoms with Gasteiger partial charge in [0, 0.05) is 0 Å². The Morgan fingerprint density at radius 1 is 0.321 bits per heavy atom. The number of hydrogen-bond acceptors (Lipinski definition) is 6. The molecule has 0 atom stereocenters. The van der Waals surface area contributed by atoms with E-state index in [1.807, 2.05) is 48.5 Å². The van der Waals surface area contributed by atoms with Gasteiger partial charge in [-0.3, -0.25) is 0 Å². The lowest BCUT2D eigenvalue weighted by Crippen LogP contribution is -2.08. The van der Waals surface area contributed by atoms with Gasteiger partial charge < -0.3 is 29.9 Å². The molecule has 0 unspecified atom stereocenters. The van der Waals surface area contributed by atoms with E-state index in [4.69, 9.17) is 9.47 Å². The van der Waals surface area contributed by atoms with E-state index in [9.17, 15) is 20.4 Å². The lowest BCUT2D eigenvalue weighted by molar-refractivity contribution is 0.134. The van der Waals surface area contributed by atoms with E-state index in [0.29, 0.717) is 48.7 Å². The molecule has 0 aliphatic carbocycles. The molecule has 0 radical (unpaired) electrons. The van der Waals surface area contributed by atoms with E-state index in [2.05, 4.69) is 72.8 Å². The molecule has 0 fully saturated rings. The summed E-state index contributed by atoms with van der Waals surface area (Å²) in [5.74, 6) is 0. The molecule has 8 aromatic carbocycles. The quantitative estimate of drug-likeness (QED) is 0.124. The summed E-state index contributed by atoms with van der Waals surface area (Å²) in [5, 5.41) is 51.0. The molecule has 6 heteroatoms. The smallest absolute Gasteiger partial charge is 0.0731 e. The Hall–Kier alpha value is -5.70. The monoisotopic (exact) mass is 736 g/mol. The fourth-order valence-electron chi connectivity index (χ4n) is 9.70. The second-order valence-electron chi connectivity index (χ2n) is 14.7. The van der Waals surface area contributed by atoms with Crippen LogP contribution in [0.1, 0.15) is 44.5 Å². The van der Waals surface area contributed by atoms with Crippen LogP contribution >= 0.6 is 0 Å². The Morgan fingerprint density at radius 2 is 0.607 bits per heavy atom. The van der Waals surface area contributed by atoms with Gasteiger partial charge in [-0.25, -0.2) is 0 Å². The highest BCUT2D eigenvalue weighted by atomic mass is 16.5. The highest BCUT2D eigenvalue weighted by Crippen LogP contribution is 2.50. The standard InChI is InChI=1S/C50H40O6/c51-21-39-41(23-53)49(45-27-55-25-43(45)47(39)35-17-7-11-29-9-1-3-13-31(29)35)37-19-20-38(34-16-6-5-15-33(34)37)50-42(24-54)40(22-52)48(44-26-56-28-46(44)50)36-18-8-12-30-10-2-4-14-32(30)36/h1-20,51-54H,21-28H2. The number of rotatable bonds is 8. The van der Waals surface area contributed by atoms with Crippen LogP contribution in [0.3, 0.4) is 0 Å². The maximum absolute atomic E-state index is 11.2. The van der Waals surface area contributed by atoms with Gasteiger partial charge >= 0.3 is 0 Å². The van der Waals surface area contributed by atoms with Crippen molar-refractivity contribution in [3.63, 3.8) is 0 Å². The van der Waals surface area contributed by atoms with Crippen LogP contribution in [0.2, 0.25) is 0 Å². The molecule has 0 saturated carbocycles. The average molecular weight is 737 g/mol. The van der Waals surface area contributed by atoms with Crippen LogP contribution in [0, 0.1) is 0 Å². The zero-order valence-corrected chi connectivity index (χ0v) is 30.8. The molecule has 6 nitrogen and oxygen atoms in total. The predicted octanol–water partition coefficient (Wildman–Crippen LogP) is 9.84. The number of hydrogen-bond donors (Lipinski definition) is 4. The summed E-state index contributed by atoms with van der Waals surface area (Å²) >= 11 is 0. The van der Waals surface area contributed by atoms with Gasteiger partial charge in [0.2, 0.25) is 0 Å². The van der Waals surface area contributed by atoms with Gasteiger partial charge in [-0.1, -0.05) is 121 Å². The summed E-state index contributed by atoms with van der Waals surface area (Å²) in [7, 11) is 0. The minimum absolute atomic E-state index is 0.246. The van der Waals surface area contributed by atoms with Gasteiger partial charge in [-0.15, -0.1) is 0 Å². The summed E-state index contributed by atoms with van der Waals surface area (Å²) in [4.78, 5) is 0. The molecule has 0 saturated heterocycles. The third kappa shape index (κ3) is 5.19. The Kier molecular flexibility index (Phi) is 8.76. The number of fused-ring (bicyclic) bond motifs is 5. The Balaban J connectivity index is 1.23. The minimum atomic E-state index is -0.263. The normalized spacial score (nSPS) is 13.6. The molecular weight excluding hydrogens is 697 g/mol. The Morgan fingerprint density at radius 3 is 0.946 bits per heavy atom. The van der Waals surface area contributed by atoms with Gasteiger partial charge in [0.1, 0.15) is 0 Å². The Bertz CT molecular complexity index is 2670. The van der Waals surface area contributed by atoms with E-state index in [1.54, 1.807) is 0 Å². The topological polar surface area (TPSA) is 99.4 Å². The first-order valence-corrected chi connectivity index (χ1v) is 19.1. The summed E-state index contributed by atoms with van der Waals surface area (Å²) in [6.45, 7) is 0.539. The molecule has 0 bridgehead atoms. The zero-order valence-electron chi connectivity index (χ0n) is 30.8. The molecule has 2 heterocycles. The fourth-order valence-corrected chi connectivity index (χ4v) is 9.70. The predicted molar refractivity (Wildman–Crippen MR) is 221 cm³/mol. The van der Waals surface area contributed by atoms with Crippen molar-refractivity contribution in [1.82, 2.24) is 0 Å². The summed E-state index contributed by atoms with van der Waals surface area (Å²) < 4.78 is 12.4. The second-order valence-corrected chi connectivity index (χ2v) is 14.7. The summed E-state index contributed by atoms with van der Waals surface area (Å²) in [5.41, 5.74) is 14.4. The fraction of sp³-hybridized carbons (Fsp3) is 0.160. The lowest BCUT2D eigenvalue weighted by atomic mass is 9.78. The van der Waals surface area contributed by atoms with Crippen molar-refractivity contribution in [1.29, 1.82) is 0 Å². The average Bonchev–Trinajstić information content (AvgIpc) is 3.95. The zero-order chi connectivity index (χ0) is 37.9. The lowest BCUT2D eigenvalue weighted by Gasteiger charge is -2.25. The maximum Gasteiger partial charge on any atom is 0.0731 e. The first-order chi connectivity index (χ1) is 27.7. The van der Waals surface area contributed by atoms with Crippen LogP contribution in [0.25, 0.3) is 76.8 Å². The molecule has 8 aromatic rings. The van der Waals surface area contributed by atoms with E-state index >= 15 is 0 Å². The van der Waals surface area contributed by atoms with Gasteiger partial charge in [0.05, 0.1) is 52.9 Å². The van der Waals surface area contributed by atoms with E-state index in [1.165, 1.54) is 0 Å². The van der Waals surface area contributed by atoms with Crippen molar-refractivity contribution in [3.05, 3.63) is 166 Å².